The van der Waals surface area contributed by atoms with E-state index in [-0.39, 0.29) is 11.3 Å². The van der Waals surface area contributed by atoms with Gasteiger partial charge < -0.3 is 5.32 Å². The topological polar surface area (TPSA) is 66.5 Å². The van der Waals surface area contributed by atoms with Crippen molar-refractivity contribution in [3.8, 4) is 0 Å². The second-order valence-corrected chi connectivity index (χ2v) is 8.23. The van der Waals surface area contributed by atoms with Crippen molar-refractivity contribution >= 4 is 15.9 Å². The Morgan fingerprint density at radius 3 is 2.62 bits per heavy atom. The smallest absolute Gasteiger partial charge is 0.243 e. The zero-order chi connectivity index (χ0) is 15.3. The lowest BCUT2D eigenvalue weighted by atomic mass is 9.86. The highest BCUT2D eigenvalue weighted by molar-refractivity contribution is 7.89. The summed E-state index contributed by atoms with van der Waals surface area (Å²) in [6, 6.07) is 5.24. The van der Waals surface area contributed by atoms with Gasteiger partial charge in [-0.15, -0.1) is 0 Å². The molecule has 2 heterocycles. The molecule has 2 fully saturated rings. The number of carbonyl (C=O) groups excluding carboxylic acids is 1. The van der Waals surface area contributed by atoms with Gasteiger partial charge >= 0.3 is 0 Å². The largest absolute Gasteiger partial charge is 0.355 e. The van der Waals surface area contributed by atoms with Gasteiger partial charge in [0.2, 0.25) is 15.9 Å². The molecule has 3 rings (SSSR count). The summed E-state index contributed by atoms with van der Waals surface area (Å²) >= 11 is 0. The maximum absolute atomic E-state index is 12.7. The van der Waals surface area contributed by atoms with Crippen LogP contribution in [-0.2, 0) is 14.8 Å². The second-order valence-electron chi connectivity index (χ2n) is 6.29. The molecule has 5 nitrogen and oxygen atoms in total. The van der Waals surface area contributed by atoms with Crippen LogP contribution in [0.5, 0.6) is 0 Å². The predicted molar refractivity (Wildman–Crippen MR) is 79.4 cm³/mol. The van der Waals surface area contributed by atoms with Crippen molar-refractivity contribution < 1.29 is 13.2 Å². The van der Waals surface area contributed by atoms with Crippen LogP contribution < -0.4 is 5.32 Å². The number of rotatable bonds is 2. The molecular formula is C15H20N2O3S. The zero-order valence-electron chi connectivity index (χ0n) is 12.3. The Balaban J connectivity index is 1.86. The Labute approximate surface area is 125 Å². The standard InChI is InChI=1S/C15H20N2O3S/c1-11-3-4-13(7-12(11)2)21(19,20)17-6-5-15(10-17)8-14(18)16-9-15/h3-4,7H,5-6,8-10H2,1-2H3,(H,16,18). The molecule has 2 aliphatic rings. The average Bonchev–Trinajstić information content (AvgIpc) is 3.00. The number of amides is 1. The highest BCUT2D eigenvalue weighted by Crippen LogP contribution is 2.38. The summed E-state index contributed by atoms with van der Waals surface area (Å²) < 4.78 is 27.0. The van der Waals surface area contributed by atoms with E-state index >= 15 is 0 Å². The van der Waals surface area contributed by atoms with Gasteiger partial charge in [-0.1, -0.05) is 6.07 Å². The monoisotopic (exact) mass is 308 g/mol. The third-order valence-corrected chi connectivity index (χ3v) is 6.56. The minimum absolute atomic E-state index is 0.0282. The van der Waals surface area contributed by atoms with E-state index < -0.39 is 10.0 Å². The molecule has 2 aliphatic heterocycles. The zero-order valence-corrected chi connectivity index (χ0v) is 13.2. The van der Waals surface area contributed by atoms with Gasteiger partial charge in [-0.3, -0.25) is 4.79 Å². The fourth-order valence-corrected chi connectivity index (χ4v) is 4.80. The van der Waals surface area contributed by atoms with Crippen molar-refractivity contribution in [2.24, 2.45) is 5.41 Å². The molecule has 0 aromatic heterocycles. The van der Waals surface area contributed by atoms with Gasteiger partial charge in [-0.05, 0) is 43.5 Å². The van der Waals surface area contributed by atoms with E-state index in [4.69, 9.17) is 0 Å². The Kier molecular flexibility index (Phi) is 3.33. The summed E-state index contributed by atoms with van der Waals surface area (Å²) in [4.78, 5) is 11.8. The fourth-order valence-electron chi connectivity index (χ4n) is 3.16. The minimum atomic E-state index is -3.46. The lowest BCUT2D eigenvalue weighted by molar-refractivity contribution is -0.119. The van der Waals surface area contributed by atoms with Crippen LogP contribution in [0.3, 0.4) is 0 Å². The lowest BCUT2D eigenvalue weighted by Crippen LogP contribution is -2.33. The molecule has 1 spiro atoms. The lowest BCUT2D eigenvalue weighted by Gasteiger charge is -2.22. The molecule has 1 unspecified atom stereocenters. The third-order valence-electron chi connectivity index (χ3n) is 4.72. The van der Waals surface area contributed by atoms with Crippen LogP contribution in [0.2, 0.25) is 0 Å². The molecule has 1 aromatic carbocycles. The van der Waals surface area contributed by atoms with Crippen LogP contribution in [0.25, 0.3) is 0 Å². The van der Waals surface area contributed by atoms with Gasteiger partial charge in [-0.25, -0.2) is 8.42 Å². The number of carbonyl (C=O) groups is 1. The molecule has 2 saturated heterocycles. The highest BCUT2D eigenvalue weighted by atomic mass is 32.2. The first kappa shape index (κ1) is 14.5. The van der Waals surface area contributed by atoms with Gasteiger partial charge in [0.15, 0.2) is 0 Å². The number of hydrogen-bond acceptors (Lipinski definition) is 3. The molecule has 1 aromatic rings. The summed E-state index contributed by atoms with van der Waals surface area (Å²) in [5, 5.41) is 2.82. The highest BCUT2D eigenvalue weighted by Gasteiger charge is 2.47. The molecule has 0 radical (unpaired) electrons. The maximum atomic E-state index is 12.7. The van der Waals surface area contributed by atoms with Crippen molar-refractivity contribution in [1.29, 1.82) is 0 Å². The molecular weight excluding hydrogens is 288 g/mol. The van der Waals surface area contributed by atoms with Crippen molar-refractivity contribution in [2.75, 3.05) is 19.6 Å². The van der Waals surface area contributed by atoms with Crippen molar-refractivity contribution in [1.82, 2.24) is 9.62 Å². The molecule has 0 bridgehead atoms. The summed E-state index contributed by atoms with van der Waals surface area (Å²) in [5.41, 5.74) is 1.85. The van der Waals surface area contributed by atoms with Crippen LogP contribution in [0.1, 0.15) is 24.0 Å². The summed E-state index contributed by atoms with van der Waals surface area (Å²) in [6.07, 6.45) is 1.18. The van der Waals surface area contributed by atoms with Gasteiger partial charge in [0.05, 0.1) is 4.90 Å². The molecule has 114 valence electrons. The van der Waals surface area contributed by atoms with Gasteiger partial charge in [0.25, 0.3) is 0 Å². The van der Waals surface area contributed by atoms with Crippen LogP contribution in [0.15, 0.2) is 23.1 Å². The van der Waals surface area contributed by atoms with E-state index in [2.05, 4.69) is 5.32 Å². The number of nitrogens with zero attached hydrogens (tertiary/aromatic N) is 1. The van der Waals surface area contributed by atoms with E-state index in [1.165, 1.54) is 4.31 Å². The van der Waals surface area contributed by atoms with Crippen molar-refractivity contribution in [3.63, 3.8) is 0 Å². The first-order valence-corrected chi connectivity index (χ1v) is 8.61. The Morgan fingerprint density at radius 2 is 2.00 bits per heavy atom. The fraction of sp³-hybridized carbons (Fsp3) is 0.533. The van der Waals surface area contributed by atoms with Crippen LogP contribution in [0.4, 0.5) is 0 Å². The second kappa shape index (κ2) is 4.81. The SMILES string of the molecule is Cc1ccc(S(=O)(=O)N2CCC3(CNC(=O)C3)C2)cc1C. The van der Waals surface area contributed by atoms with E-state index in [9.17, 15) is 13.2 Å². The summed E-state index contributed by atoms with van der Waals surface area (Å²) in [6.45, 7) is 5.39. The Hall–Kier alpha value is -1.40. The maximum Gasteiger partial charge on any atom is 0.243 e. The quantitative estimate of drug-likeness (QED) is 0.893. The Morgan fingerprint density at radius 1 is 1.24 bits per heavy atom. The van der Waals surface area contributed by atoms with Gasteiger partial charge in [0, 0.05) is 31.5 Å². The summed E-state index contributed by atoms with van der Waals surface area (Å²) in [7, 11) is -3.46. The number of nitrogens with one attached hydrogen (secondary N) is 1. The molecule has 0 aliphatic carbocycles. The number of sulfonamides is 1. The Bertz CT molecular complexity index is 699. The van der Waals surface area contributed by atoms with E-state index in [0.29, 0.717) is 31.0 Å². The molecule has 6 heteroatoms. The van der Waals surface area contributed by atoms with Gasteiger partial charge in [-0.2, -0.15) is 4.31 Å². The van der Waals surface area contributed by atoms with Crippen molar-refractivity contribution in [3.05, 3.63) is 29.3 Å². The van der Waals surface area contributed by atoms with E-state index in [1.807, 2.05) is 19.9 Å². The normalized spacial score (nSPS) is 26.5. The number of hydrogen-bond donors (Lipinski definition) is 1. The van der Waals surface area contributed by atoms with Gasteiger partial charge in [0.1, 0.15) is 0 Å². The molecule has 21 heavy (non-hydrogen) atoms. The number of aryl methyl sites for hydroxylation is 2. The third kappa shape index (κ3) is 2.46. The van der Waals surface area contributed by atoms with Crippen molar-refractivity contribution in [2.45, 2.75) is 31.6 Å². The first-order chi connectivity index (χ1) is 9.82. The van der Waals surface area contributed by atoms with E-state index in [0.717, 1.165) is 17.5 Å². The molecule has 1 N–H and O–H groups in total. The van der Waals surface area contributed by atoms with E-state index in [1.54, 1.807) is 12.1 Å². The molecule has 0 saturated carbocycles. The van der Waals surface area contributed by atoms with Crippen LogP contribution >= 0.6 is 0 Å². The predicted octanol–water partition coefficient (Wildman–Crippen LogP) is 1.20. The first-order valence-electron chi connectivity index (χ1n) is 7.17. The molecule has 1 amide bonds. The van der Waals surface area contributed by atoms with Crippen LogP contribution in [-0.4, -0.2) is 38.3 Å². The minimum Gasteiger partial charge on any atom is -0.355 e. The summed E-state index contributed by atoms with van der Waals surface area (Å²) in [5.74, 6) is 0.0282. The molecule has 1 atom stereocenters. The number of benzene rings is 1. The average molecular weight is 308 g/mol. The van der Waals surface area contributed by atoms with Crippen LogP contribution in [0, 0.1) is 19.3 Å².